The third-order valence-corrected chi connectivity index (χ3v) is 8.05. The quantitative estimate of drug-likeness (QED) is 0.385. The highest BCUT2D eigenvalue weighted by molar-refractivity contribution is 6.19. The van der Waals surface area contributed by atoms with Gasteiger partial charge in [-0.2, -0.15) is 0 Å². The van der Waals surface area contributed by atoms with E-state index < -0.39 is 0 Å². The number of methoxy groups -OCH3 is 1. The monoisotopic (exact) mass is 509 g/mol. The van der Waals surface area contributed by atoms with E-state index in [4.69, 9.17) is 9.73 Å². The van der Waals surface area contributed by atoms with Gasteiger partial charge in [-0.05, 0) is 77.3 Å². The van der Waals surface area contributed by atoms with Crippen LogP contribution in [0.1, 0.15) is 80.1 Å². The summed E-state index contributed by atoms with van der Waals surface area (Å²) in [6.07, 6.45) is 2.24. The van der Waals surface area contributed by atoms with Gasteiger partial charge in [0.05, 0.1) is 35.4 Å². The molecule has 1 aliphatic carbocycles. The molecule has 6 nitrogen and oxygen atoms in total. The fourth-order valence-electron chi connectivity index (χ4n) is 5.66. The average Bonchev–Trinajstić information content (AvgIpc) is 2.99. The van der Waals surface area contributed by atoms with Crippen LogP contribution in [-0.4, -0.2) is 31.7 Å². The summed E-state index contributed by atoms with van der Waals surface area (Å²) in [7, 11) is 3.45. The lowest BCUT2D eigenvalue weighted by atomic mass is 9.62. The van der Waals surface area contributed by atoms with Crippen molar-refractivity contribution >= 4 is 40.3 Å². The molecule has 0 radical (unpaired) electrons. The Morgan fingerprint density at radius 3 is 2.13 bits per heavy atom. The number of amides is 1. The number of ether oxygens (including phenoxy) is 1. The van der Waals surface area contributed by atoms with Crippen LogP contribution in [-0.2, 0) is 20.4 Å². The molecule has 0 bridgehead atoms. The van der Waals surface area contributed by atoms with Crippen LogP contribution in [0.15, 0.2) is 59.6 Å². The van der Waals surface area contributed by atoms with Crippen molar-refractivity contribution in [2.75, 3.05) is 24.4 Å². The molecule has 3 aromatic carbocycles. The number of esters is 1. The van der Waals surface area contributed by atoms with Crippen LogP contribution in [0, 0.1) is 0 Å². The number of hydrogen-bond donors (Lipinski definition) is 1. The highest BCUT2D eigenvalue weighted by Gasteiger charge is 2.39. The molecule has 38 heavy (non-hydrogen) atoms. The Bertz CT molecular complexity index is 1480. The smallest absolute Gasteiger partial charge is 0.337 e. The molecule has 0 unspecified atom stereocenters. The predicted octanol–water partition coefficient (Wildman–Crippen LogP) is 7.03. The summed E-state index contributed by atoms with van der Waals surface area (Å²) in [5, 5.41) is 2.88. The van der Waals surface area contributed by atoms with Gasteiger partial charge in [-0.3, -0.25) is 4.79 Å². The second-order valence-electron chi connectivity index (χ2n) is 11.7. The third kappa shape index (κ3) is 4.38. The minimum atomic E-state index is -0.372. The molecule has 1 N–H and O–H groups in total. The van der Waals surface area contributed by atoms with Gasteiger partial charge >= 0.3 is 5.97 Å². The number of fused-ring (bicyclic) bond motifs is 3. The largest absolute Gasteiger partial charge is 0.465 e. The van der Waals surface area contributed by atoms with Gasteiger partial charge in [-0.25, -0.2) is 9.79 Å². The molecule has 0 atom stereocenters. The van der Waals surface area contributed by atoms with Crippen molar-refractivity contribution in [1.82, 2.24) is 0 Å². The van der Waals surface area contributed by atoms with Crippen LogP contribution in [0.4, 0.5) is 22.7 Å². The van der Waals surface area contributed by atoms with E-state index in [9.17, 15) is 9.59 Å². The van der Waals surface area contributed by atoms with Crippen molar-refractivity contribution in [3.05, 3.63) is 82.4 Å². The van der Waals surface area contributed by atoms with Crippen molar-refractivity contribution in [3.8, 4) is 0 Å². The number of nitrogens with zero attached hydrogens (tertiary/aromatic N) is 2. The average molecular weight is 510 g/mol. The zero-order valence-electron chi connectivity index (χ0n) is 23.2. The molecule has 1 aliphatic heterocycles. The van der Waals surface area contributed by atoms with Crippen LogP contribution < -0.4 is 10.2 Å². The minimum Gasteiger partial charge on any atom is -0.465 e. The molecule has 0 saturated heterocycles. The number of nitrogens with one attached hydrogen (secondary N) is 1. The summed E-state index contributed by atoms with van der Waals surface area (Å²) in [6.45, 7) is 10.8. The van der Waals surface area contributed by atoms with Gasteiger partial charge < -0.3 is 15.0 Å². The summed E-state index contributed by atoms with van der Waals surface area (Å²) in [4.78, 5) is 31.2. The highest BCUT2D eigenvalue weighted by Crippen LogP contribution is 2.50. The molecule has 1 heterocycles. The number of anilines is 3. The van der Waals surface area contributed by atoms with Gasteiger partial charge in [-0.15, -0.1) is 0 Å². The Balaban J connectivity index is 1.78. The number of hydrogen-bond acceptors (Lipinski definition) is 5. The Labute approximate surface area is 224 Å². The molecule has 2 aliphatic rings. The fourth-order valence-corrected chi connectivity index (χ4v) is 5.66. The molecule has 196 valence electrons. The lowest BCUT2D eigenvalue weighted by molar-refractivity contribution is -0.114. The molecule has 0 spiro atoms. The molecular formula is C32H35N3O3. The third-order valence-electron chi connectivity index (χ3n) is 8.05. The summed E-state index contributed by atoms with van der Waals surface area (Å²) in [5.41, 5.74) is 9.57. The Kier molecular flexibility index (Phi) is 6.17. The van der Waals surface area contributed by atoms with Gasteiger partial charge in [0.25, 0.3) is 0 Å². The first-order valence-electron chi connectivity index (χ1n) is 13.0. The van der Waals surface area contributed by atoms with Crippen LogP contribution in [0.5, 0.6) is 0 Å². The molecule has 1 amide bonds. The fraction of sp³-hybridized carbons (Fsp3) is 0.344. The van der Waals surface area contributed by atoms with Gasteiger partial charge in [0.1, 0.15) is 0 Å². The maximum Gasteiger partial charge on any atom is 0.337 e. The summed E-state index contributed by atoms with van der Waals surface area (Å²) in [6, 6.07) is 17.9. The van der Waals surface area contributed by atoms with Crippen LogP contribution in [0.2, 0.25) is 0 Å². The highest BCUT2D eigenvalue weighted by atomic mass is 16.5. The van der Waals surface area contributed by atoms with Crippen molar-refractivity contribution in [3.63, 3.8) is 0 Å². The number of carbonyl (C=O) groups is 2. The maximum absolute atomic E-state index is 12.1. The summed E-state index contributed by atoms with van der Waals surface area (Å²) in [5.74, 6) is -0.502. The molecule has 0 aromatic heterocycles. The first-order valence-corrected chi connectivity index (χ1v) is 13.0. The summed E-state index contributed by atoms with van der Waals surface area (Å²) >= 11 is 0. The van der Waals surface area contributed by atoms with E-state index >= 15 is 0 Å². The molecule has 3 aromatic rings. The van der Waals surface area contributed by atoms with Crippen molar-refractivity contribution in [1.29, 1.82) is 0 Å². The molecule has 6 heteroatoms. The van der Waals surface area contributed by atoms with E-state index in [0.717, 1.165) is 46.7 Å². The van der Waals surface area contributed by atoms with Crippen LogP contribution >= 0.6 is 0 Å². The lowest BCUT2D eigenvalue weighted by Crippen LogP contribution is -2.34. The van der Waals surface area contributed by atoms with E-state index in [1.807, 2.05) is 30.3 Å². The van der Waals surface area contributed by atoms with E-state index in [0.29, 0.717) is 11.3 Å². The number of carbonyl (C=O) groups excluding carboxylic acids is 2. The molecular weight excluding hydrogens is 474 g/mol. The van der Waals surface area contributed by atoms with Gasteiger partial charge in [0, 0.05) is 30.8 Å². The zero-order valence-corrected chi connectivity index (χ0v) is 23.2. The minimum absolute atomic E-state index is 0.0377. The normalized spacial score (nSPS) is 16.8. The number of rotatable bonds is 3. The van der Waals surface area contributed by atoms with E-state index in [1.54, 1.807) is 12.1 Å². The SMILES string of the molecule is COC(=O)c1ccc(C2=Nc3cc(NC(C)=O)ccc3N(C)c3cc4c(cc32)C(C)(C)CCC4(C)C)cc1. The Morgan fingerprint density at radius 1 is 0.895 bits per heavy atom. The summed E-state index contributed by atoms with van der Waals surface area (Å²) < 4.78 is 4.90. The second-order valence-corrected chi connectivity index (χ2v) is 11.7. The van der Waals surface area contributed by atoms with Gasteiger partial charge in [-0.1, -0.05) is 39.8 Å². The molecule has 5 rings (SSSR count). The van der Waals surface area contributed by atoms with Crippen molar-refractivity contribution < 1.29 is 14.3 Å². The molecule has 0 fully saturated rings. The van der Waals surface area contributed by atoms with Crippen molar-refractivity contribution in [2.45, 2.75) is 58.3 Å². The zero-order chi connectivity index (χ0) is 27.4. The molecule has 0 saturated carbocycles. The first-order chi connectivity index (χ1) is 17.9. The standard InChI is InChI=1S/C32H35N3O3/c1-19(36)33-22-12-13-27-26(16-22)34-29(20-8-10-21(11-9-20)30(37)38-7)23-17-24-25(18-28(23)35(27)6)32(4,5)15-14-31(24,2)3/h8-13,16-18H,14-15H2,1-7H3,(H,33,36). The second kappa shape index (κ2) is 9.12. The van der Waals surface area contributed by atoms with Crippen LogP contribution in [0.25, 0.3) is 0 Å². The van der Waals surface area contributed by atoms with E-state index in [2.05, 4.69) is 57.1 Å². The number of benzene rings is 3. The van der Waals surface area contributed by atoms with Crippen LogP contribution in [0.3, 0.4) is 0 Å². The Hall–Kier alpha value is -3.93. The van der Waals surface area contributed by atoms with Gasteiger partial charge in [0.2, 0.25) is 5.91 Å². The Morgan fingerprint density at radius 2 is 1.53 bits per heavy atom. The van der Waals surface area contributed by atoms with Gasteiger partial charge in [0.15, 0.2) is 0 Å². The first kappa shape index (κ1) is 25.7. The topological polar surface area (TPSA) is 71.0 Å². The van der Waals surface area contributed by atoms with Crippen molar-refractivity contribution in [2.24, 2.45) is 4.99 Å². The van der Waals surface area contributed by atoms with E-state index in [-0.39, 0.29) is 22.7 Å². The predicted molar refractivity (Wildman–Crippen MR) is 154 cm³/mol. The maximum atomic E-state index is 12.1. The number of aliphatic imine (C=N–C) groups is 1. The lowest BCUT2D eigenvalue weighted by Gasteiger charge is -2.43. The van der Waals surface area contributed by atoms with E-state index in [1.165, 1.54) is 25.2 Å².